The first-order valence-corrected chi connectivity index (χ1v) is 1.72. The maximum Gasteiger partial charge on any atom is 0 e. The maximum atomic E-state index is 2.99. The van der Waals surface area contributed by atoms with E-state index in [2.05, 4.69) is 12.2 Å². The Morgan fingerprint density at radius 1 is 1.43 bits per heavy atom. The molecular formula is C5H6ClPt-. The van der Waals surface area contributed by atoms with E-state index in [0.717, 1.165) is 6.42 Å². The molecular weight excluding hydrogens is 291 g/mol. The van der Waals surface area contributed by atoms with Gasteiger partial charge >= 0.3 is 0 Å². The summed E-state index contributed by atoms with van der Waals surface area (Å²) in [5.74, 6) is 0. The van der Waals surface area contributed by atoms with Crippen molar-refractivity contribution in [2.24, 2.45) is 0 Å². The molecule has 0 heterocycles. The van der Waals surface area contributed by atoms with Crippen LogP contribution >= 0.6 is 12.4 Å². The van der Waals surface area contributed by atoms with E-state index in [1.807, 2.05) is 12.2 Å². The number of halogens is 1. The van der Waals surface area contributed by atoms with E-state index in [9.17, 15) is 0 Å². The molecule has 0 unspecified atom stereocenters. The Labute approximate surface area is 64.4 Å². The Morgan fingerprint density at radius 2 is 2.14 bits per heavy atom. The fourth-order valence-electron chi connectivity index (χ4n) is 0.340. The van der Waals surface area contributed by atoms with E-state index in [-0.39, 0.29) is 33.5 Å². The molecule has 0 bridgehead atoms. The monoisotopic (exact) mass is 296 g/mol. The number of hydrogen-bond donors (Lipinski definition) is 0. The predicted octanol–water partition coefficient (Wildman–Crippen LogP) is 1.72. The molecule has 0 atom stereocenters. The zero-order valence-corrected chi connectivity index (χ0v) is 6.75. The SMILES string of the molecule is Cl.[C-]1=CC=CC1.[Pt]. The Morgan fingerprint density at radius 3 is 2.29 bits per heavy atom. The van der Waals surface area contributed by atoms with E-state index in [4.69, 9.17) is 0 Å². The maximum absolute atomic E-state index is 2.99. The van der Waals surface area contributed by atoms with Crippen molar-refractivity contribution < 1.29 is 21.1 Å². The van der Waals surface area contributed by atoms with Crippen molar-refractivity contribution in [1.29, 1.82) is 0 Å². The fourth-order valence-corrected chi connectivity index (χ4v) is 0.340. The molecule has 0 nitrogen and oxygen atoms in total. The first-order valence-electron chi connectivity index (χ1n) is 1.72. The molecule has 0 amide bonds. The standard InChI is InChI=1S/C5H5.ClH.Pt/c1-2-4-5-3-1;;/h1-3H,4H2;1H;/q-1;;. The Hall–Kier alpha value is 0.458. The van der Waals surface area contributed by atoms with Crippen molar-refractivity contribution in [1.82, 2.24) is 0 Å². The smallest absolute Gasteiger partial charge is 0 e. The van der Waals surface area contributed by atoms with Crippen LogP contribution in [0.25, 0.3) is 0 Å². The van der Waals surface area contributed by atoms with Gasteiger partial charge in [-0.2, -0.15) is 6.08 Å². The minimum atomic E-state index is 0. The summed E-state index contributed by atoms with van der Waals surface area (Å²) in [5.41, 5.74) is 0. The van der Waals surface area contributed by atoms with Crippen LogP contribution in [0.2, 0.25) is 0 Å². The Kier molecular flexibility index (Phi) is 9.63. The van der Waals surface area contributed by atoms with Gasteiger partial charge in [-0.25, -0.2) is 12.2 Å². The summed E-state index contributed by atoms with van der Waals surface area (Å²) in [6.07, 6.45) is 10.0. The second-order valence-corrected chi connectivity index (χ2v) is 1.00. The van der Waals surface area contributed by atoms with Gasteiger partial charge in [0, 0.05) is 21.1 Å². The van der Waals surface area contributed by atoms with E-state index in [0.29, 0.717) is 0 Å². The van der Waals surface area contributed by atoms with Crippen molar-refractivity contribution in [2.75, 3.05) is 0 Å². The quantitative estimate of drug-likeness (QED) is 0.597. The van der Waals surface area contributed by atoms with Gasteiger partial charge in [0.15, 0.2) is 0 Å². The summed E-state index contributed by atoms with van der Waals surface area (Å²) in [6.45, 7) is 0. The van der Waals surface area contributed by atoms with Gasteiger partial charge in [-0.3, -0.25) is 6.08 Å². The van der Waals surface area contributed by atoms with E-state index in [1.54, 1.807) is 0 Å². The molecule has 0 fully saturated rings. The zero-order chi connectivity index (χ0) is 3.54. The molecule has 0 aliphatic heterocycles. The van der Waals surface area contributed by atoms with E-state index >= 15 is 0 Å². The molecule has 7 heavy (non-hydrogen) atoms. The first kappa shape index (κ1) is 10.4. The van der Waals surface area contributed by atoms with Gasteiger partial charge in [0.2, 0.25) is 0 Å². The van der Waals surface area contributed by atoms with Crippen molar-refractivity contribution in [3.8, 4) is 0 Å². The van der Waals surface area contributed by atoms with Crippen LogP contribution in [0.3, 0.4) is 0 Å². The van der Waals surface area contributed by atoms with Crippen molar-refractivity contribution in [3.05, 3.63) is 24.3 Å². The van der Waals surface area contributed by atoms with Crippen LogP contribution in [-0.4, -0.2) is 0 Å². The van der Waals surface area contributed by atoms with Gasteiger partial charge in [-0.1, -0.05) is 0 Å². The van der Waals surface area contributed by atoms with Crippen LogP contribution in [0.1, 0.15) is 6.42 Å². The zero-order valence-electron chi connectivity index (χ0n) is 3.66. The summed E-state index contributed by atoms with van der Waals surface area (Å²) < 4.78 is 0. The average molecular weight is 297 g/mol. The molecule has 1 aliphatic rings. The van der Waals surface area contributed by atoms with Gasteiger partial charge < -0.3 is 0 Å². The molecule has 0 spiro atoms. The van der Waals surface area contributed by atoms with Crippen molar-refractivity contribution in [2.45, 2.75) is 6.42 Å². The number of allylic oxidation sites excluding steroid dienone is 4. The van der Waals surface area contributed by atoms with Crippen LogP contribution in [0, 0.1) is 6.08 Å². The third kappa shape index (κ3) is 4.31. The molecule has 0 aromatic heterocycles. The molecule has 44 valence electrons. The van der Waals surface area contributed by atoms with E-state index in [1.165, 1.54) is 0 Å². The molecule has 0 N–H and O–H groups in total. The number of hydrogen-bond acceptors (Lipinski definition) is 0. The van der Waals surface area contributed by atoms with Crippen LogP contribution in [-0.2, 0) is 21.1 Å². The topological polar surface area (TPSA) is 0 Å². The third-order valence-corrected chi connectivity index (χ3v) is 0.586. The molecule has 0 saturated heterocycles. The summed E-state index contributed by atoms with van der Waals surface area (Å²) in [7, 11) is 0. The summed E-state index contributed by atoms with van der Waals surface area (Å²) >= 11 is 0. The predicted molar refractivity (Wildman–Crippen MR) is 28.8 cm³/mol. The minimum absolute atomic E-state index is 0. The fraction of sp³-hybridized carbons (Fsp3) is 0.200. The van der Waals surface area contributed by atoms with Gasteiger partial charge in [-0.15, -0.1) is 18.8 Å². The second kappa shape index (κ2) is 6.46. The van der Waals surface area contributed by atoms with Crippen LogP contribution in [0.15, 0.2) is 18.2 Å². The van der Waals surface area contributed by atoms with E-state index < -0.39 is 0 Å². The summed E-state index contributed by atoms with van der Waals surface area (Å²) in [5, 5.41) is 0. The molecule has 1 aliphatic carbocycles. The number of rotatable bonds is 0. The van der Waals surface area contributed by atoms with Gasteiger partial charge in [0.1, 0.15) is 0 Å². The van der Waals surface area contributed by atoms with Crippen LogP contribution in [0.4, 0.5) is 0 Å². The van der Waals surface area contributed by atoms with Gasteiger partial charge in [-0.05, 0) is 0 Å². The first-order chi connectivity index (χ1) is 2.50. The van der Waals surface area contributed by atoms with Crippen molar-refractivity contribution in [3.63, 3.8) is 0 Å². The molecule has 0 aromatic carbocycles. The molecule has 0 saturated carbocycles. The molecule has 1 rings (SSSR count). The molecule has 0 aromatic rings. The molecule has 0 radical (unpaired) electrons. The summed E-state index contributed by atoms with van der Waals surface area (Å²) in [6, 6.07) is 0. The Bertz CT molecular complexity index is 66.1. The van der Waals surface area contributed by atoms with Crippen molar-refractivity contribution >= 4 is 12.4 Å². The van der Waals surface area contributed by atoms with Crippen LogP contribution < -0.4 is 0 Å². The van der Waals surface area contributed by atoms with Gasteiger partial charge in [0.25, 0.3) is 0 Å². The van der Waals surface area contributed by atoms with Crippen LogP contribution in [0.5, 0.6) is 0 Å². The second-order valence-electron chi connectivity index (χ2n) is 1.00. The third-order valence-electron chi connectivity index (χ3n) is 0.586. The normalized spacial score (nSPS) is 12.6. The largest absolute Gasteiger partial charge is 0.273 e. The Balaban J connectivity index is 0. The summed E-state index contributed by atoms with van der Waals surface area (Å²) in [4.78, 5) is 0. The minimum Gasteiger partial charge on any atom is -0.273 e. The average Bonchev–Trinajstić information content (AvgIpc) is 1.76. The van der Waals surface area contributed by atoms with Gasteiger partial charge in [0.05, 0.1) is 0 Å². The molecule has 2 heteroatoms.